The average molecular weight is 440 g/mol. The Bertz CT molecular complexity index is 1010. The fraction of sp³-hybridized carbons (Fsp3) is 0.458. The molecular formula is C24H29N3O3S. The summed E-state index contributed by atoms with van der Waals surface area (Å²) in [4.78, 5) is 17.3. The molecular weight excluding hydrogens is 410 g/mol. The minimum absolute atomic E-state index is 0.0996. The van der Waals surface area contributed by atoms with E-state index in [9.17, 15) is 10.1 Å². The van der Waals surface area contributed by atoms with Crippen LogP contribution in [0.15, 0.2) is 23.2 Å². The van der Waals surface area contributed by atoms with Crippen molar-refractivity contribution in [1.82, 2.24) is 10.3 Å². The smallest absolute Gasteiger partial charge is 0.230 e. The first-order valence-corrected chi connectivity index (χ1v) is 11.5. The molecule has 0 saturated heterocycles. The SMILES string of the molecule is Cc1nc(SCC(=O)NC(c2ccc3c(c2)OCCCO3)C(C)C)c(C#N)c(C)c1C. The highest BCUT2D eigenvalue weighted by molar-refractivity contribution is 8.00. The van der Waals surface area contributed by atoms with Gasteiger partial charge in [-0.15, -0.1) is 0 Å². The molecule has 31 heavy (non-hydrogen) atoms. The predicted molar refractivity (Wildman–Crippen MR) is 122 cm³/mol. The number of thioether (sulfide) groups is 1. The van der Waals surface area contributed by atoms with E-state index in [2.05, 4.69) is 30.2 Å². The second-order valence-electron chi connectivity index (χ2n) is 8.07. The number of rotatable bonds is 6. The van der Waals surface area contributed by atoms with Gasteiger partial charge in [0.15, 0.2) is 11.5 Å². The highest BCUT2D eigenvalue weighted by Crippen LogP contribution is 2.34. The number of aryl methyl sites for hydroxylation is 1. The number of benzene rings is 1. The summed E-state index contributed by atoms with van der Waals surface area (Å²) in [5.74, 6) is 1.74. The Morgan fingerprint density at radius 2 is 1.90 bits per heavy atom. The Morgan fingerprint density at radius 3 is 2.58 bits per heavy atom. The number of fused-ring (bicyclic) bond motifs is 1. The van der Waals surface area contributed by atoms with Gasteiger partial charge < -0.3 is 14.8 Å². The Morgan fingerprint density at radius 1 is 1.19 bits per heavy atom. The van der Waals surface area contributed by atoms with Crippen molar-refractivity contribution in [2.45, 2.75) is 52.1 Å². The Labute approximate surface area is 188 Å². The number of hydrogen-bond acceptors (Lipinski definition) is 6. The molecule has 0 bridgehead atoms. The summed E-state index contributed by atoms with van der Waals surface area (Å²) in [6, 6.07) is 7.93. The maximum absolute atomic E-state index is 12.8. The highest BCUT2D eigenvalue weighted by Gasteiger charge is 2.22. The van der Waals surface area contributed by atoms with E-state index in [1.54, 1.807) is 0 Å². The summed E-state index contributed by atoms with van der Waals surface area (Å²) in [7, 11) is 0. The molecule has 2 aromatic rings. The third-order valence-corrected chi connectivity index (χ3v) is 6.50. The van der Waals surface area contributed by atoms with Crippen LogP contribution in [0.5, 0.6) is 11.5 Å². The van der Waals surface area contributed by atoms with Gasteiger partial charge in [-0.25, -0.2) is 4.98 Å². The normalized spacial score (nSPS) is 14.0. The van der Waals surface area contributed by atoms with Crippen LogP contribution >= 0.6 is 11.8 Å². The van der Waals surface area contributed by atoms with E-state index in [0.717, 1.165) is 40.3 Å². The maximum atomic E-state index is 12.8. The molecule has 0 fully saturated rings. The van der Waals surface area contributed by atoms with Gasteiger partial charge in [0.05, 0.1) is 30.6 Å². The van der Waals surface area contributed by atoms with E-state index in [-0.39, 0.29) is 23.6 Å². The summed E-state index contributed by atoms with van der Waals surface area (Å²) in [6.07, 6.45) is 0.849. The van der Waals surface area contributed by atoms with Crippen molar-refractivity contribution in [1.29, 1.82) is 5.26 Å². The average Bonchev–Trinajstić information content (AvgIpc) is 2.99. The molecule has 1 amide bonds. The molecule has 0 spiro atoms. The van der Waals surface area contributed by atoms with Crippen LogP contribution in [0.4, 0.5) is 0 Å². The van der Waals surface area contributed by atoms with E-state index in [1.165, 1.54) is 11.8 Å². The lowest BCUT2D eigenvalue weighted by atomic mass is 9.95. The standard InChI is InChI=1S/C24H29N3O3S/c1-14(2)23(18-7-8-20-21(11-18)30-10-6-9-29-20)27-22(28)13-31-24-19(12-25)16(4)15(3)17(5)26-24/h7-8,11,14,23H,6,9-10,13H2,1-5H3,(H,27,28). The van der Waals surface area contributed by atoms with Gasteiger partial charge in [-0.2, -0.15) is 5.26 Å². The molecule has 6 nitrogen and oxygen atoms in total. The van der Waals surface area contributed by atoms with E-state index >= 15 is 0 Å². The molecule has 1 unspecified atom stereocenters. The first-order chi connectivity index (χ1) is 14.8. The van der Waals surface area contributed by atoms with Gasteiger partial charge in [-0.1, -0.05) is 31.7 Å². The third-order valence-electron chi connectivity index (χ3n) is 5.53. The number of carbonyl (C=O) groups is 1. The van der Waals surface area contributed by atoms with Crippen molar-refractivity contribution in [3.63, 3.8) is 0 Å². The molecule has 7 heteroatoms. The largest absolute Gasteiger partial charge is 0.490 e. The molecule has 0 aliphatic carbocycles. The number of nitrogens with zero attached hydrogens (tertiary/aromatic N) is 2. The Hall–Kier alpha value is -2.72. The number of nitrogens with one attached hydrogen (secondary N) is 1. The quantitative estimate of drug-likeness (QED) is 0.660. The van der Waals surface area contributed by atoms with Crippen LogP contribution in [-0.4, -0.2) is 29.9 Å². The Kier molecular flexibility index (Phi) is 7.45. The highest BCUT2D eigenvalue weighted by atomic mass is 32.2. The Balaban J connectivity index is 1.73. The fourth-order valence-corrected chi connectivity index (χ4v) is 4.40. The molecule has 0 saturated carbocycles. The van der Waals surface area contributed by atoms with Crippen molar-refractivity contribution in [2.75, 3.05) is 19.0 Å². The number of amides is 1. The van der Waals surface area contributed by atoms with Crippen molar-refractivity contribution in [3.05, 3.63) is 46.1 Å². The number of nitriles is 1. The molecule has 2 heterocycles. The van der Waals surface area contributed by atoms with Gasteiger partial charge in [-0.05, 0) is 55.5 Å². The number of ether oxygens (including phenoxy) is 2. The summed E-state index contributed by atoms with van der Waals surface area (Å²) in [5.41, 5.74) is 4.34. The first kappa shape index (κ1) is 23.0. The van der Waals surface area contributed by atoms with Crippen molar-refractivity contribution in [2.24, 2.45) is 5.92 Å². The third kappa shape index (κ3) is 5.31. The fourth-order valence-electron chi connectivity index (χ4n) is 3.50. The zero-order valence-electron chi connectivity index (χ0n) is 18.7. The molecule has 1 aromatic carbocycles. The molecule has 1 aliphatic rings. The monoisotopic (exact) mass is 439 g/mol. The molecule has 1 atom stereocenters. The van der Waals surface area contributed by atoms with Gasteiger partial charge in [0.1, 0.15) is 11.1 Å². The van der Waals surface area contributed by atoms with Gasteiger partial charge in [0.25, 0.3) is 0 Å². The molecule has 164 valence electrons. The van der Waals surface area contributed by atoms with Gasteiger partial charge >= 0.3 is 0 Å². The van der Waals surface area contributed by atoms with Crippen LogP contribution in [0.2, 0.25) is 0 Å². The van der Waals surface area contributed by atoms with Gasteiger partial charge in [0.2, 0.25) is 5.91 Å². The molecule has 3 rings (SSSR count). The lowest BCUT2D eigenvalue weighted by Crippen LogP contribution is -2.33. The molecule has 1 aliphatic heterocycles. The van der Waals surface area contributed by atoms with Gasteiger partial charge in [-0.3, -0.25) is 4.79 Å². The molecule has 1 N–H and O–H groups in total. The van der Waals surface area contributed by atoms with Crippen LogP contribution in [0, 0.1) is 38.0 Å². The van der Waals surface area contributed by atoms with E-state index in [4.69, 9.17) is 9.47 Å². The van der Waals surface area contributed by atoms with E-state index in [1.807, 2.05) is 39.0 Å². The molecule has 1 aromatic heterocycles. The van der Waals surface area contributed by atoms with Crippen LogP contribution in [-0.2, 0) is 4.79 Å². The summed E-state index contributed by atoms with van der Waals surface area (Å²) in [6.45, 7) is 11.2. The van der Waals surface area contributed by atoms with Crippen LogP contribution in [0.3, 0.4) is 0 Å². The topological polar surface area (TPSA) is 84.2 Å². The predicted octanol–water partition coefficient (Wildman–Crippen LogP) is 4.65. The second-order valence-corrected chi connectivity index (χ2v) is 9.04. The minimum Gasteiger partial charge on any atom is -0.490 e. The first-order valence-electron chi connectivity index (χ1n) is 10.5. The summed E-state index contributed by atoms with van der Waals surface area (Å²) < 4.78 is 11.5. The summed E-state index contributed by atoms with van der Waals surface area (Å²) in [5, 5.41) is 13.3. The van der Waals surface area contributed by atoms with Crippen molar-refractivity contribution >= 4 is 17.7 Å². The lowest BCUT2D eigenvalue weighted by molar-refractivity contribution is -0.119. The second kappa shape index (κ2) is 10.1. The minimum atomic E-state index is -0.157. The number of pyridine rings is 1. The number of carbonyl (C=O) groups excluding carboxylic acids is 1. The van der Waals surface area contributed by atoms with E-state index in [0.29, 0.717) is 23.8 Å². The van der Waals surface area contributed by atoms with Crippen LogP contribution in [0.1, 0.15) is 54.3 Å². The van der Waals surface area contributed by atoms with Crippen LogP contribution in [0.25, 0.3) is 0 Å². The van der Waals surface area contributed by atoms with Crippen molar-refractivity contribution < 1.29 is 14.3 Å². The number of hydrogen-bond donors (Lipinski definition) is 1. The van der Waals surface area contributed by atoms with E-state index < -0.39 is 0 Å². The number of aromatic nitrogens is 1. The molecule has 0 radical (unpaired) electrons. The lowest BCUT2D eigenvalue weighted by Gasteiger charge is -2.24. The van der Waals surface area contributed by atoms with Crippen molar-refractivity contribution in [3.8, 4) is 17.6 Å². The maximum Gasteiger partial charge on any atom is 0.230 e. The zero-order valence-corrected chi connectivity index (χ0v) is 19.6. The zero-order chi connectivity index (χ0) is 22.5. The van der Waals surface area contributed by atoms with Crippen LogP contribution < -0.4 is 14.8 Å². The summed E-state index contributed by atoms with van der Waals surface area (Å²) >= 11 is 1.30. The van der Waals surface area contributed by atoms with Gasteiger partial charge in [0, 0.05) is 12.1 Å².